The van der Waals surface area contributed by atoms with Crippen LogP contribution in [0.4, 0.5) is 0 Å². The SMILES string of the molecule is C=CCCCCCC[C@H]1O[C@@H]1CCCCCCCC. The van der Waals surface area contributed by atoms with Gasteiger partial charge in [0.25, 0.3) is 0 Å². The van der Waals surface area contributed by atoms with Gasteiger partial charge < -0.3 is 4.74 Å². The zero-order chi connectivity index (χ0) is 13.8. The molecule has 1 fully saturated rings. The molecule has 0 N–H and O–H groups in total. The molecule has 0 spiro atoms. The fraction of sp³-hybridized carbons (Fsp3) is 0.889. The topological polar surface area (TPSA) is 12.5 Å². The molecular weight excluding hydrogens is 232 g/mol. The summed E-state index contributed by atoms with van der Waals surface area (Å²) in [6, 6.07) is 0. The van der Waals surface area contributed by atoms with Crippen LogP contribution < -0.4 is 0 Å². The largest absolute Gasteiger partial charge is 0.370 e. The van der Waals surface area contributed by atoms with Gasteiger partial charge >= 0.3 is 0 Å². The molecule has 0 bridgehead atoms. The maximum Gasteiger partial charge on any atom is 0.0841 e. The molecule has 0 saturated carbocycles. The van der Waals surface area contributed by atoms with Crippen LogP contribution in [0.2, 0.25) is 0 Å². The Balaban J connectivity index is 1.77. The fourth-order valence-corrected chi connectivity index (χ4v) is 2.80. The Morgan fingerprint density at radius 2 is 1.32 bits per heavy atom. The molecule has 1 rings (SSSR count). The fourth-order valence-electron chi connectivity index (χ4n) is 2.80. The van der Waals surface area contributed by atoms with Crippen molar-refractivity contribution in [1.82, 2.24) is 0 Å². The molecule has 1 aliphatic heterocycles. The number of rotatable bonds is 14. The van der Waals surface area contributed by atoms with E-state index in [1.807, 2.05) is 6.08 Å². The van der Waals surface area contributed by atoms with Crippen molar-refractivity contribution >= 4 is 0 Å². The Labute approximate surface area is 120 Å². The van der Waals surface area contributed by atoms with Crippen LogP contribution in [0, 0.1) is 0 Å². The van der Waals surface area contributed by atoms with Gasteiger partial charge in [0.1, 0.15) is 0 Å². The van der Waals surface area contributed by atoms with Gasteiger partial charge in [0.15, 0.2) is 0 Å². The lowest BCUT2D eigenvalue weighted by Gasteiger charge is -1.99. The first-order valence-electron chi connectivity index (χ1n) is 8.64. The van der Waals surface area contributed by atoms with E-state index >= 15 is 0 Å². The highest BCUT2D eigenvalue weighted by Crippen LogP contribution is 2.31. The van der Waals surface area contributed by atoms with Crippen LogP contribution in [0.1, 0.15) is 90.4 Å². The summed E-state index contributed by atoms with van der Waals surface area (Å²) >= 11 is 0. The second-order valence-electron chi connectivity index (χ2n) is 6.05. The van der Waals surface area contributed by atoms with E-state index in [1.54, 1.807) is 0 Å². The molecule has 0 aromatic rings. The molecule has 0 radical (unpaired) electrons. The monoisotopic (exact) mass is 266 g/mol. The molecule has 1 nitrogen and oxygen atoms in total. The van der Waals surface area contributed by atoms with Crippen molar-refractivity contribution in [2.24, 2.45) is 0 Å². The van der Waals surface area contributed by atoms with Crippen molar-refractivity contribution in [3.8, 4) is 0 Å². The predicted octanol–water partition coefficient (Wildman–Crippen LogP) is 6.03. The van der Waals surface area contributed by atoms with Crippen LogP contribution in [0.25, 0.3) is 0 Å². The van der Waals surface area contributed by atoms with Crippen molar-refractivity contribution in [2.45, 2.75) is 103 Å². The van der Waals surface area contributed by atoms with Crippen molar-refractivity contribution in [3.05, 3.63) is 12.7 Å². The van der Waals surface area contributed by atoms with Gasteiger partial charge in [-0.25, -0.2) is 0 Å². The first-order chi connectivity index (χ1) is 9.38. The summed E-state index contributed by atoms with van der Waals surface area (Å²) < 4.78 is 5.76. The minimum atomic E-state index is 0.620. The van der Waals surface area contributed by atoms with Crippen LogP contribution in [0.3, 0.4) is 0 Å². The zero-order valence-electron chi connectivity index (χ0n) is 13.0. The molecule has 0 aromatic carbocycles. The molecular formula is C18H34O. The minimum Gasteiger partial charge on any atom is -0.370 e. The van der Waals surface area contributed by atoms with Crippen LogP contribution in [0.15, 0.2) is 12.7 Å². The maximum atomic E-state index is 5.76. The number of epoxide rings is 1. The Morgan fingerprint density at radius 1 is 0.789 bits per heavy atom. The van der Waals surface area contributed by atoms with Crippen molar-refractivity contribution in [1.29, 1.82) is 0 Å². The number of hydrogen-bond donors (Lipinski definition) is 0. The quantitative estimate of drug-likeness (QED) is 0.212. The molecule has 0 unspecified atom stereocenters. The number of ether oxygens (including phenoxy) is 1. The van der Waals surface area contributed by atoms with E-state index in [0.29, 0.717) is 12.2 Å². The van der Waals surface area contributed by atoms with Gasteiger partial charge in [0, 0.05) is 0 Å². The smallest absolute Gasteiger partial charge is 0.0841 e. The third-order valence-electron chi connectivity index (χ3n) is 4.18. The Bertz CT molecular complexity index is 212. The van der Waals surface area contributed by atoms with Gasteiger partial charge in [0.05, 0.1) is 12.2 Å². The van der Waals surface area contributed by atoms with E-state index in [9.17, 15) is 0 Å². The molecule has 112 valence electrons. The average Bonchev–Trinajstić information content (AvgIpc) is 3.16. The molecule has 0 amide bonds. The van der Waals surface area contributed by atoms with Crippen LogP contribution in [0.5, 0.6) is 0 Å². The molecule has 1 heterocycles. The lowest BCUT2D eigenvalue weighted by molar-refractivity contribution is 0.347. The van der Waals surface area contributed by atoms with Crippen LogP contribution in [-0.2, 0) is 4.74 Å². The second-order valence-corrected chi connectivity index (χ2v) is 6.05. The standard InChI is InChI=1S/C18H34O/c1-3-5-7-9-11-13-15-17-18(19-17)16-14-12-10-8-6-4-2/h3,17-18H,1,4-16H2,2H3/t17-,18-/m1/s1. The highest BCUT2D eigenvalue weighted by atomic mass is 16.6. The number of allylic oxidation sites excluding steroid dienone is 1. The molecule has 0 aromatic heterocycles. The molecule has 2 atom stereocenters. The molecule has 1 saturated heterocycles. The van der Waals surface area contributed by atoms with Gasteiger partial charge in [-0.2, -0.15) is 0 Å². The summed E-state index contributed by atoms with van der Waals surface area (Å²) in [7, 11) is 0. The average molecular weight is 266 g/mol. The lowest BCUT2D eigenvalue weighted by Crippen LogP contribution is -1.94. The Hall–Kier alpha value is -0.300. The van der Waals surface area contributed by atoms with E-state index < -0.39 is 0 Å². The summed E-state index contributed by atoms with van der Waals surface area (Å²) in [6.07, 6.45) is 20.9. The van der Waals surface area contributed by atoms with E-state index in [-0.39, 0.29) is 0 Å². The van der Waals surface area contributed by atoms with Gasteiger partial charge in [-0.05, 0) is 25.7 Å². The zero-order valence-corrected chi connectivity index (χ0v) is 13.0. The Morgan fingerprint density at radius 3 is 1.89 bits per heavy atom. The highest BCUT2D eigenvalue weighted by molar-refractivity contribution is 4.84. The van der Waals surface area contributed by atoms with E-state index in [4.69, 9.17) is 4.74 Å². The minimum absolute atomic E-state index is 0.620. The van der Waals surface area contributed by atoms with Crippen molar-refractivity contribution < 1.29 is 4.74 Å². The summed E-state index contributed by atoms with van der Waals surface area (Å²) in [5, 5.41) is 0. The summed E-state index contributed by atoms with van der Waals surface area (Å²) in [6.45, 7) is 6.04. The lowest BCUT2D eigenvalue weighted by atomic mass is 10.0. The van der Waals surface area contributed by atoms with Gasteiger partial charge in [-0.3, -0.25) is 0 Å². The van der Waals surface area contributed by atoms with Gasteiger partial charge in [0.2, 0.25) is 0 Å². The van der Waals surface area contributed by atoms with E-state index in [0.717, 1.165) is 0 Å². The highest BCUT2D eigenvalue weighted by Gasteiger charge is 2.36. The number of unbranched alkanes of at least 4 members (excludes halogenated alkanes) is 9. The van der Waals surface area contributed by atoms with Gasteiger partial charge in [-0.1, -0.05) is 70.8 Å². The normalized spacial score (nSPS) is 21.5. The van der Waals surface area contributed by atoms with E-state index in [1.165, 1.54) is 83.5 Å². The summed E-state index contributed by atoms with van der Waals surface area (Å²) in [5.74, 6) is 0. The first kappa shape index (κ1) is 16.8. The van der Waals surface area contributed by atoms with E-state index in [2.05, 4.69) is 13.5 Å². The molecule has 1 heteroatoms. The van der Waals surface area contributed by atoms with Gasteiger partial charge in [-0.15, -0.1) is 6.58 Å². The number of hydrogen-bond acceptors (Lipinski definition) is 1. The summed E-state index contributed by atoms with van der Waals surface area (Å²) in [4.78, 5) is 0. The summed E-state index contributed by atoms with van der Waals surface area (Å²) in [5.41, 5.74) is 0. The second kappa shape index (κ2) is 11.5. The first-order valence-corrected chi connectivity index (χ1v) is 8.64. The predicted molar refractivity (Wildman–Crippen MR) is 84.6 cm³/mol. The van der Waals surface area contributed by atoms with Crippen molar-refractivity contribution in [3.63, 3.8) is 0 Å². The third kappa shape index (κ3) is 9.27. The third-order valence-corrected chi connectivity index (χ3v) is 4.18. The van der Waals surface area contributed by atoms with Crippen LogP contribution >= 0.6 is 0 Å². The molecule has 1 aliphatic rings. The molecule has 0 aliphatic carbocycles. The van der Waals surface area contributed by atoms with Crippen LogP contribution in [-0.4, -0.2) is 12.2 Å². The maximum absolute atomic E-state index is 5.76. The Kier molecular flexibility index (Phi) is 10.2. The molecule has 19 heavy (non-hydrogen) atoms. The van der Waals surface area contributed by atoms with Crippen molar-refractivity contribution in [2.75, 3.05) is 0 Å².